The molecule has 5 heteroatoms. The van der Waals surface area contributed by atoms with E-state index in [1.807, 2.05) is 12.1 Å². The molecule has 96 valence electrons. The third-order valence-electron chi connectivity index (χ3n) is 3.32. The Morgan fingerprint density at radius 3 is 3.11 bits per heavy atom. The van der Waals surface area contributed by atoms with Crippen LogP contribution < -0.4 is 0 Å². The van der Waals surface area contributed by atoms with Crippen LogP contribution in [0.4, 0.5) is 0 Å². The molecule has 0 radical (unpaired) electrons. The van der Waals surface area contributed by atoms with Gasteiger partial charge in [0.15, 0.2) is 0 Å². The second-order valence-corrected chi connectivity index (χ2v) is 5.72. The lowest BCUT2D eigenvalue weighted by molar-refractivity contribution is 0.0974. The van der Waals surface area contributed by atoms with E-state index in [4.69, 9.17) is 16.3 Å². The zero-order valence-corrected chi connectivity index (χ0v) is 12.2. The van der Waals surface area contributed by atoms with Gasteiger partial charge in [-0.25, -0.2) is 4.98 Å². The molecule has 0 saturated carbocycles. The van der Waals surface area contributed by atoms with Crippen molar-refractivity contribution in [1.82, 2.24) is 9.55 Å². The summed E-state index contributed by atoms with van der Waals surface area (Å²) in [5, 5.41) is 0. The van der Waals surface area contributed by atoms with E-state index in [0.717, 1.165) is 47.3 Å². The summed E-state index contributed by atoms with van der Waals surface area (Å²) in [6, 6.07) is 6.11. The van der Waals surface area contributed by atoms with Gasteiger partial charge in [-0.3, -0.25) is 0 Å². The highest BCUT2D eigenvalue weighted by Gasteiger charge is 2.19. The van der Waals surface area contributed by atoms with Crippen molar-refractivity contribution < 1.29 is 4.74 Å². The molecule has 0 bridgehead atoms. The lowest BCUT2D eigenvalue weighted by Crippen LogP contribution is -2.16. The first-order valence-corrected chi connectivity index (χ1v) is 7.43. The summed E-state index contributed by atoms with van der Waals surface area (Å²) in [6.07, 6.45) is 2.57. The van der Waals surface area contributed by atoms with Gasteiger partial charge < -0.3 is 9.30 Å². The first kappa shape index (κ1) is 12.5. The maximum atomic E-state index is 5.99. The average Bonchev–Trinajstić information content (AvgIpc) is 2.98. The molecular weight excluding hydrogens is 316 g/mol. The van der Waals surface area contributed by atoms with Crippen LogP contribution in [0.15, 0.2) is 22.7 Å². The molecule has 1 fully saturated rings. The minimum absolute atomic E-state index is 0.295. The molecule has 0 aliphatic carbocycles. The van der Waals surface area contributed by atoms with E-state index in [9.17, 15) is 0 Å². The van der Waals surface area contributed by atoms with E-state index in [2.05, 4.69) is 31.5 Å². The van der Waals surface area contributed by atoms with Crippen molar-refractivity contribution in [2.45, 2.75) is 31.4 Å². The fourth-order valence-corrected chi connectivity index (χ4v) is 3.00. The lowest BCUT2D eigenvalue weighted by Gasteiger charge is -2.13. The van der Waals surface area contributed by atoms with Gasteiger partial charge in [-0.2, -0.15) is 0 Å². The quantitative estimate of drug-likeness (QED) is 0.803. The van der Waals surface area contributed by atoms with Crippen LogP contribution in [-0.4, -0.2) is 22.3 Å². The lowest BCUT2D eigenvalue weighted by atomic mass is 10.2. The van der Waals surface area contributed by atoms with E-state index >= 15 is 0 Å². The van der Waals surface area contributed by atoms with Gasteiger partial charge in [-0.1, -0.05) is 15.9 Å². The first-order valence-electron chi connectivity index (χ1n) is 6.10. The zero-order valence-electron chi connectivity index (χ0n) is 9.90. The molecule has 18 heavy (non-hydrogen) atoms. The molecule has 1 aromatic carbocycles. The second kappa shape index (κ2) is 5.19. The maximum Gasteiger partial charge on any atom is 0.124 e. The van der Waals surface area contributed by atoms with Crippen LogP contribution in [0, 0.1) is 0 Å². The Balaban J connectivity index is 2.03. The van der Waals surface area contributed by atoms with Crippen molar-refractivity contribution in [3.8, 4) is 0 Å². The standard InChI is InChI=1S/C13H14BrClN2O/c14-9-3-4-11-12(6-9)17(13(7-15)16-11)8-10-2-1-5-18-10/h3-4,6,10H,1-2,5,7-8H2. The molecule has 1 aliphatic heterocycles. The van der Waals surface area contributed by atoms with Crippen molar-refractivity contribution in [3.63, 3.8) is 0 Å². The highest BCUT2D eigenvalue weighted by atomic mass is 79.9. The summed E-state index contributed by atoms with van der Waals surface area (Å²) < 4.78 is 8.94. The summed E-state index contributed by atoms with van der Waals surface area (Å²) in [6.45, 7) is 1.71. The largest absolute Gasteiger partial charge is 0.376 e. The van der Waals surface area contributed by atoms with Gasteiger partial charge in [0.25, 0.3) is 0 Å². The molecule has 1 aromatic heterocycles. The number of alkyl halides is 1. The summed E-state index contributed by atoms with van der Waals surface area (Å²) >= 11 is 9.50. The first-order chi connectivity index (χ1) is 8.78. The number of hydrogen-bond donors (Lipinski definition) is 0. The molecule has 0 amide bonds. The molecular formula is C13H14BrClN2O. The summed E-state index contributed by atoms with van der Waals surface area (Å²) in [7, 11) is 0. The van der Waals surface area contributed by atoms with Crippen LogP contribution in [-0.2, 0) is 17.2 Å². The number of ether oxygens (including phenoxy) is 1. The second-order valence-electron chi connectivity index (χ2n) is 4.54. The molecule has 3 nitrogen and oxygen atoms in total. The van der Waals surface area contributed by atoms with Gasteiger partial charge in [-0.05, 0) is 31.0 Å². The van der Waals surface area contributed by atoms with Gasteiger partial charge >= 0.3 is 0 Å². The highest BCUT2D eigenvalue weighted by molar-refractivity contribution is 9.10. The molecule has 1 unspecified atom stereocenters. The molecule has 2 heterocycles. The van der Waals surface area contributed by atoms with Crippen LogP contribution >= 0.6 is 27.5 Å². The number of fused-ring (bicyclic) bond motifs is 1. The maximum absolute atomic E-state index is 5.99. The van der Waals surface area contributed by atoms with Gasteiger partial charge in [-0.15, -0.1) is 11.6 Å². The third-order valence-corrected chi connectivity index (χ3v) is 4.05. The number of hydrogen-bond acceptors (Lipinski definition) is 2. The average molecular weight is 330 g/mol. The number of nitrogens with zero attached hydrogens (tertiary/aromatic N) is 2. The number of aromatic nitrogens is 2. The minimum atomic E-state index is 0.295. The SMILES string of the molecule is ClCc1nc2ccc(Br)cc2n1CC1CCCO1. The fraction of sp³-hybridized carbons (Fsp3) is 0.462. The van der Waals surface area contributed by atoms with Gasteiger partial charge in [0.2, 0.25) is 0 Å². The van der Waals surface area contributed by atoms with Crippen molar-refractivity contribution in [1.29, 1.82) is 0 Å². The number of rotatable bonds is 3. The number of halogens is 2. The summed E-state index contributed by atoms with van der Waals surface area (Å²) in [4.78, 5) is 4.57. The van der Waals surface area contributed by atoms with Crippen LogP contribution in [0.3, 0.4) is 0 Å². The molecule has 0 spiro atoms. The highest BCUT2D eigenvalue weighted by Crippen LogP contribution is 2.24. The molecule has 2 aromatic rings. The van der Waals surface area contributed by atoms with Crippen LogP contribution in [0.1, 0.15) is 18.7 Å². The van der Waals surface area contributed by atoms with Gasteiger partial charge in [0.1, 0.15) is 5.82 Å². The Morgan fingerprint density at radius 2 is 2.39 bits per heavy atom. The Morgan fingerprint density at radius 1 is 1.50 bits per heavy atom. The van der Waals surface area contributed by atoms with Crippen LogP contribution in [0.2, 0.25) is 0 Å². The van der Waals surface area contributed by atoms with Crippen LogP contribution in [0.25, 0.3) is 11.0 Å². The predicted octanol–water partition coefficient (Wildman–Crippen LogP) is 3.72. The molecule has 1 saturated heterocycles. The fourth-order valence-electron chi connectivity index (χ4n) is 2.44. The summed E-state index contributed by atoms with van der Waals surface area (Å²) in [5.74, 6) is 1.35. The van der Waals surface area contributed by atoms with E-state index in [1.165, 1.54) is 0 Å². The van der Waals surface area contributed by atoms with E-state index in [0.29, 0.717) is 12.0 Å². The molecule has 0 N–H and O–H groups in total. The molecule has 1 atom stereocenters. The van der Waals surface area contributed by atoms with Gasteiger partial charge in [0.05, 0.1) is 29.6 Å². The minimum Gasteiger partial charge on any atom is -0.376 e. The molecule has 1 aliphatic rings. The third kappa shape index (κ3) is 2.29. The van der Waals surface area contributed by atoms with Gasteiger partial charge in [0, 0.05) is 11.1 Å². The smallest absolute Gasteiger partial charge is 0.124 e. The summed E-state index contributed by atoms with van der Waals surface area (Å²) in [5.41, 5.74) is 2.11. The van der Waals surface area contributed by atoms with Crippen molar-refractivity contribution in [2.24, 2.45) is 0 Å². The van der Waals surface area contributed by atoms with E-state index in [1.54, 1.807) is 0 Å². The Kier molecular flexibility index (Phi) is 3.59. The zero-order chi connectivity index (χ0) is 12.5. The number of imidazole rings is 1. The monoisotopic (exact) mass is 328 g/mol. The van der Waals surface area contributed by atoms with Crippen molar-refractivity contribution in [3.05, 3.63) is 28.5 Å². The van der Waals surface area contributed by atoms with Crippen LogP contribution in [0.5, 0.6) is 0 Å². The Labute approximate surface area is 119 Å². The molecule has 3 rings (SSSR count). The van der Waals surface area contributed by atoms with E-state index in [-0.39, 0.29) is 0 Å². The predicted molar refractivity (Wildman–Crippen MR) is 76.0 cm³/mol. The van der Waals surface area contributed by atoms with E-state index < -0.39 is 0 Å². The number of benzene rings is 1. The normalized spacial score (nSPS) is 19.8. The van der Waals surface area contributed by atoms with Crippen molar-refractivity contribution >= 4 is 38.6 Å². The van der Waals surface area contributed by atoms with Crippen molar-refractivity contribution in [2.75, 3.05) is 6.61 Å². The Bertz CT molecular complexity index is 563. The Hall–Kier alpha value is -0.580. The topological polar surface area (TPSA) is 27.1 Å².